The van der Waals surface area contributed by atoms with Gasteiger partial charge in [-0.3, -0.25) is 9.59 Å². The molecule has 0 aliphatic heterocycles. The third-order valence-electron chi connectivity index (χ3n) is 4.66. The molecule has 0 aliphatic carbocycles. The van der Waals surface area contributed by atoms with Crippen LogP contribution < -0.4 is 4.90 Å². The molecule has 0 spiro atoms. The lowest BCUT2D eigenvalue weighted by molar-refractivity contribution is -0.143. The van der Waals surface area contributed by atoms with Crippen LogP contribution >= 0.6 is 34.5 Å². The van der Waals surface area contributed by atoms with Crippen LogP contribution in [0.2, 0.25) is 0 Å². The van der Waals surface area contributed by atoms with Gasteiger partial charge >= 0.3 is 11.9 Å². The summed E-state index contributed by atoms with van der Waals surface area (Å²) < 4.78 is 10.4. The fraction of sp³-hybridized carbons (Fsp3) is 0.391. The van der Waals surface area contributed by atoms with Crippen LogP contribution in [0.3, 0.4) is 0 Å². The van der Waals surface area contributed by atoms with Crippen molar-refractivity contribution in [3.8, 4) is 12.1 Å². The van der Waals surface area contributed by atoms with Gasteiger partial charge in [-0.2, -0.15) is 10.5 Å². The molecule has 184 valence electrons. The molecule has 0 unspecified atom stereocenters. The fourth-order valence-electron chi connectivity index (χ4n) is 2.85. The van der Waals surface area contributed by atoms with Gasteiger partial charge in [0.2, 0.25) is 0 Å². The molecule has 0 saturated carbocycles. The van der Waals surface area contributed by atoms with E-state index in [-0.39, 0.29) is 49.8 Å². The smallest absolute Gasteiger partial charge is 0.307 e. The highest BCUT2D eigenvalue weighted by Crippen LogP contribution is 2.35. The minimum atomic E-state index is -0.385. The van der Waals surface area contributed by atoms with Crippen molar-refractivity contribution >= 4 is 62.9 Å². The second-order valence-corrected chi connectivity index (χ2v) is 8.74. The van der Waals surface area contributed by atoms with E-state index in [1.807, 2.05) is 4.90 Å². The minimum absolute atomic E-state index is 0.129. The summed E-state index contributed by atoms with van der Waals surface area (Å²) in [4.78, 5) is 25.5. The normalized spacial score (nSPS) is 10.5. The van der Waals surface area contributed by atoms with Crippen molar-refractivity contribution in [2.45, 2.75) is 19.8 Å². The van der Waals surface area contributed by atoms with Gasteiger partial charge in [0.1, 0.15) is 30.2 Å². The van der Waals surface area contributed by atoms with Gasteiger partial charge in [0, 0.05) is 17.4 Å². The number of alkyl halides is 2. The summed E-state index contributed by atoms with van der Waals surface area (Å²) in [6, 6.07) is 11.2. The maximum absolute atomic E-state index is 11.6. The molecular weight excluding hydrogens is 513 g/mol. The number of nitrogens with zero attached hydrogens (tertiary/aromatic N) is 5. The topological polar surface area (TPSA) is 128 Å². The Morgan fingerprint density at radius 2 is 1.54 bits per heavy atom. The number of benzene rings is 1. The highest BCUT2D eigenvalue weighted by molar-refractivity contribution is 7.16. The molecule has 0 radical (unpaired) electrons. The molecule has 0 aliphatic rings. The highest BCUT2D eigenvalue weighted by atomic mass is 35.5. The Morgan fingerprint density at radius 1 is 0.971 bits per heavy atom. The van der Waals surface area contributed by atoms with E-state index in [2.05, 4.69) is 22.4 Å². The molecule has 0 atom stereocenters. The fourth-order valence-corrected chi connectivity index (χ4v) is 4.03. The average Bonchev–Trinajstić information content (AvgIpc) is 3.16. The second kappa shape index (κ2) is 14.9. The van der Waals surface area contributed by atoms with E-state index in [1.165, 1.54) is 0 Å². The SMILES string of the molecule is Cc1c(C#N)sc(N=Nc2ccc(N(CCOC(=O)CCCl)CCOC(=O)CCCl)cc2)c1C#N. The molecule has 12 heteroatoms. The summed E-state index contributed by atoms with van der Waals surface area (Å²) >= 11 is 12.2. The predicted molar refractivity (Wildman–Crippen MR) is 134 cm³/mol. The van der Waals surface area contributed by atoms with Gasteiger partial charge < -0.3 is 14.4 Å². The van der Waals surface area contributed by atoms with Crippen LogP contribution in [0.1, 0.15) is 28.8 Å². The van der Waals surface area contributed by atoms with Gasteiger partial charge in [-0.25, -0.2) is 0 Å². The van der Waals surface area contributed by atoms with E-state index < -0.39 is 0 Å². The maximum Gasteiger partial charge on any atom is 0.307 e. The van der Waals surface area contributed by atoms with Crippen molar-refractivity contribution in [1.82, 2.24) is 0 Å². The van der Waals surface area contributed by atoms with Crippen LogP contribution in [0.15, 0.2) is 34.5 Å². The first kappa shape index (κ1) is 28.1. The minimum Gasteiger partial charge on any atom is -0.464 e. The number of thiophene rings is 1. The molecule has 1 heterocycles. The standard InChI is InChI=1S/C23H23Cl2N5O4S/c1-16-19(14-26)23(35-20(16)15-27)29-28-17-2-4-18(5-3-17)30(10-12-33-21(31)6-8-24)11-13-34-22(32)7-9-25/h2-5H,6-13H2,1H3. The van der Waals surface area contributed by atoms with E-state index in [4.69, 9.17) is 37.9 Å². The van der Waals surface area contributed by atoms with E-state index in [9.17, 15) is 14.9 Å². The molecule has 0 N–H and O–H groups in total. The van der Waals surface area contributed by atoms with Crippen LogP contribution in [0, 0.1) is 29.6 Å². The molecule has 35 heavy (non-hydrogen) atoms. The van der Waals surface area contributed by atoms with E-state index in [0.29, 0.717) is 39.8 Å². The number of esters is 2. The molecule has 0 amide bonds. The predicted octanol–water partition coefficient (Wildman–Crippen LogP) is 5.37. The number of halogens is 2. The second-order valence-electron chi connectivity index (χ2n) is 6.98. The van der Waals surface area contributed by atoms with Gasteiger partial charge in [0.25, 0.3) is 0 Å². The molecule has 2 rings (SSSR count). The molecular formula is C23H23Cl2N5O4S. The molecule has 0 fully saturated rings. The number of rotatable bonds is 13. The summed E-state index contributed by atoms with van der Waals surface area (Å²) in [7, 11) is 0. The summed E-state index contributed by atoms with van der Waals surface area (Å²) in [6.45, 7) is 2.74. The third kappa shape index (κ3) is 8.84. The van der Waals surface area contributed by atoms with Crippen molar-refractivity contribution in [2.24, 2.45) is 10.2 Å². The Labute approximate surface area is 217 Å². The zero-order valence-electron chi connectivity index (χ0n) is 19.0. The number of nitriles is 2. The lowest BCUT2D eigenvalue weighted by Crippen LogP contribution is -2.32. The van der Waals surface area contributed by atoms with Gasteiger partial charge in [-0.15, -0.1) is 44.8 Å². The van der Waals surface area contributed by atoms with Crippen LogP contribution in [0.25, 0.3) is 0 Å². The Kier molecular flexibility index (Phi) is 12.0. The van der Waals surface area contributed by atoms with Crippen molar-refractivity contribution in [3.05, 3.63) is 40.3 Å². The quantitative estimate of drug-likeness (QED) is 0.191. The first-order chi connectivity index (χ1) is 16.9. The first-order valence-corrected chi connectivity index (χ1v) is 12.5. The lowest BCUT2D eigenvalue weighted by Gasteiger charge is -2.24. The summed E-state index contributed by atoms with van der Waals surface area (Å²) in [6.07, 6.45) is 0.259. The molecule has 1 aromatic carbocycles. The number of carbonyl (C=O) groups excluding carboxylic acids is 2. The molecule has 1 aromatic heterocycles. The largest absolute Gasteiger partial charge is 0.464 e. The number of carbonyl (C=O) groups is 2. The van der Waals surface area contributed by atoms with Crippen molar-refractivity contribution < 1.29 is 19.1 Å². The maximum atomic E-state index is 11.6. The summed E-state index contributed by atoms with van der Waals surface area (Å²) in [5, 5.41) is 27.2. The Bertz CT molecular complexity index is 1100. The lowest BCUT2D eigenvalue weighted by atomic mass is 10.2. The Hall–Kier alpha value is -3.18. The third-order valence-corrected chi connectivity index (χ3v) is 6.12. The number of hydrogen-bond donors (Lipinski definition) is 0. The zero-order valence-corrected chi connectivity index (χ0v) is 21.3. The number of azo groups is 1. The Morgan fingerprint density at radius 3 is 2.03 bits per heavy atom. The van der Waals surface area contributed by atoms with Crippen molar-refractivity contribution in [1.29, 1.82) is 10.5 Å². The van der Waals surface area contributed by atoms with E-state index in [0.717, 1.165) is 17.0 Å². The average molecular weight is 536 g/mol. The number of ether oxygens (including phenoxy) is 2. The Balaban J connectivity index is 2.10. The van der Waals surface area contributed by atoms with E-state index >= 15 is 0 Å². The monoisotopic (exact) mass is 535 g/mol. The number of anilines is 1. The highest BCUT2D eigenvalue weighted by Gasteiger charge is 2.15. The molecule has 9 nitrogen and oxygen atoms in total. The molecule has 0 bridgehead atoms. The summed E-state index contributed by atoms with van der Waals surface area (Å²) in [5.41, 5.74) is 2.27. The zero-order chi connectivity index (χ0) is 25.6. The van der Waals surface area contributed by atoms with Crippen LogP contribution in [0.4, 0.5) is 16.4 Å². The van der Waals surface area contributed by atoms with Gasteiger partial charge in [0.05, 0.1) is 37.2 Å². The molecule has 2 aromatic rings. The van der Waals surface area contributed by atoms with Gasteiger partial charge in [-0.05, 0) is 36.8 Å². The van der Waals surface area contributed by atoms with Crippen molar-refractivity contribution in [2.75, 3.05) is 43.0 Å². The van der Waals surface area contributed by atoms with Crippen molar-refractivity contribution in [3.63, 3.8) is 0 Å². The van der Waals surface area contributed by atoms with Crippen LogP contribution in [-0.2, 0) is 19.1 Å². The molecule has 0 saturated heterocycles. The van der Waals surface area contributed by atoms with Gasteiger partial charge in [-0.1, -0.05) is 0 Å². The van der Waals surface area contributed by atoms with Crippen LogP contribution in [-0.4, -0.2) is 50.0 Å². The summed E-state index contributed by atoms with van der Waals surface area (Å²) in [5.74, 6) is -0.393. The first-order valence-electron chi connectivity index (χ1n) is 10.6. The number of hydrogen-bond acceptors (Lipinski definition) is 10. The van der Waals surface area contributed by atoms with E-state index in [1.54, 1.807) is 31.2 Å². The van der Waals surface area contributed by atoms with Crippen LogP contribution in [0.5, 0.6) is 0 Å². The van der Waals surface area contributed by atoms with Gasteiger partial charge in [0.15, 0.2) is 5.00 Å².